The molecule has 3 aromatic rings. The minimum Gasteiger partial charge on any atom is -0.482 e. The fraction of sp³-hybridized carbons (Fsp3) is 0.240. The Morgan fingerprint density at radius 3 is 1.79 bits per heavy atom. The fourth-order valence-electron chi connectivity index (χ4n) is 2.82. The van der Waals surface area contributed by atoms with Gasteiger partial charge in [0, 0.05) is 0 Å². The van der Waals surface area contributed by atoms with Crippen molar-refractivity contribution >= 4 is 5.97 Å². The van der Waals surface area contributed by atoms with Crippen LogP contribution in [0.5, 0.6) is 11.5 Å². The Morgan fingerprint density at radius 1 is 0.750 bits per heavy atom. The highest BCUT2D eigenvalue weighted by atomic mass is 16.6. The maximum Gasteiger partial charge on any atom is 0.349 e. The Hall–Kier alpha value is -3.07. The van der Waals surface area contributed by atoms with E-state index in [-0.39, 0.29) is 12.0 Å². The summed E-state index contributed by atoms with van der Waals surface area (Å²) in [6.07, 6.45) is 0. The first kappa shape index (κ1) is 19.7. The SMILES string of the molecule is Cc1ccc(-c2ccc(OCC(=O)Oc3ccc(C(C)(C)C)cc3)cc2)cc1. The zero-order valence-corrected chi connectivity index (χ0v) is 16.9. The molecule has 0 atom stereocenters. The number of ether oxygens (including phenoxy) is 2. The van der Waals surface area contributed by atoms with Gasteiger partial charge in [0.2, 0.25) is 0 Å². The second-order valence-corrected chi connectivity index (χ2v) is 7.93. The molecule has 0 N–H and O–H groups in total. The van der Waals surface area contributed by atoms with E-state index in [2.05, 4.69) is 52.0 Å². The zero-order valence-electron chi connectivity index (χ0n) is 16.9. The molecule has 0 bridgehead atoms. The van der Waals surface area contributed by atoms with Gasteiger partial charge in [-0.15, -0.1) is 0 Å². The Morgan fingerprint density at radius 2 is 1.25 bits per heavy atom. The van der Waals surface area contributed by atoms with Crippen molar-refractivity contribution < 1.29 is 14.3 Å². The molecule has 0 fully saturated rings. The number of hydrogen-bond donors (Lipinski definition) is 0. The van der Waals surface area contributed by atoms with Crippen LogP contribution >= 0.6 is 0 Å². The van der Waals surface area contributed by atoms with Crippen molar-refractivity contribution in [3.05, 3.63) is 83.9 Å². The number of carbonyl (C=O) groups excluding carboxylic acids is 1. The molecule has 0 amide bonds. The second-order valence-electron chi connectivity index (χ2n) is 7.93. The van der Waals surface area contributed by atoms with Crippen LogP contribution in [0, 0.1) is 6.92 Å². The van der Waals surface area contributed by atoms with E-state index in [1.165, 1.54) is 11.1 Å². The maximum atomic E-state index is 12.0. The third-order valence-electron chi connectivity index (χ3n) is 4.55. The average molecular weight is 374 g/mol. The molecule has 0 heterocycles. The topological polar surface area (TPSA) is 35.5 Å². The summed E-state index contributed by atoms with van der Waals surface area (Å²) in [4.78, 5) is 12.0. The van der Waals surface area contributed by atoms with Gasteiger partial charge in [0.1, 0.15) is 11.5 Å². The largest absolute Gasteiger partial charge is 0.482 e. The molecule has 144 valence electrons. The fourth-order valence-corrected chi connectivity index (χ4v) is 2.82. The molecular formula is C25H26O3. The third-order valence-corrected chi connectivity index (χ3v) is 4.55. The molecule has 0 saturated carbocycles. The van der Waals surface area contributed by atoms with E-state index >= 15 is 0 Å². The quantitative estimate of drug-likeness (QED) is 0.409. The first-order valence-electron chi connectivity index (χ1n) is 9.42. The highest BCUT2D eigenvalue weighted by molar-refractivity contribution is 5.74. The van der Waals surface area contributed by atoms with E-state index in [0.29, 0.717) is 11.5 Å². The molecule has 3 nitrogen and oxygen atoms in total. The predicted octanol–water partition coefficient (Wildman–Crippen LogP) is 5.94. The number of benzene rings is 3. The molecule has 3 aromatic carbocycles. The Kier molecular flexibility index (Phi) is 5.84. The van der Waals surface area contributed by atoms with Crippen LogP contribution < -0.4 is 9.47 Å². The first-order valence-corrected chi connectivity index (χ1v) is 9.42. The van der Waals surface area contributed by atoms with Crippen molar-refractivity contribution in [3.8, 4) is 22.6 Å². The number of hydrogen-bond acceptors (Lipinski definition) is 3. The van der Waals surface area contributed by atoms with Crippen molar-refractivity contribution in [2.75, 3.05) is 6.61 Å². The minimum absolute atomic E-state index is 0.0659. The normalized spacial score (nSPS) is 11.1. The van der Waals surface area contributed by atoms with E-state index < -0.39 is 5.97 Å². The molecule has 0 aromatic heterocycles. The average Bonchev–Trinajstić information content (AvgIpc) is 2.67. The molecule has 0 aliphatic carbocycles. The summed E-state index contributed by atoms with van der Waals surface area (Å²) in [5, 5.41) is 0. The summed E-state index contributed by atoms with van der Waals surface area (Å²) < 4.78 is 10.9. The number of rotatable bonds is 5. The lowest BCUT2D eigenvalue weighted by molar-refractivity contribution is -0.136. The molecular weight excluding hydrogens is 348 g/mol. The summed E-state index contributed by atoms with van der Waals surface area (Å²) in [5.41, 5.74) is 4.74. The lowest BCUT2D eigenvalue weighted by Gasteiger charge is -2.19. The molecule has 3 heteroatoms. The van der Waals surface area contributed by atoms with Gasteiger partial charge < -0.3 is 9.47 Å². The van der Waals surface area contributed by atoms with Crippen LogP contribution in [0.4, 0.5) is 0 Å². The molecule has 28 heavy (non-hydrogen) atoms. The van der Waals surface area contributed by atoms with Gasteiger partial charge >= 0.3 is 5.97 Å². The van der Waals surface area contributed by atoms with Gasteiger partial charge in [0.05, 0.1) is 0 Å². The zero-order chi connectivity index (χ0) is 20.1. The maximum absolute atomic E-state index is 12.0. The van der Waals surface area contributed by atoms with E-state index in [1.54, 1.807) is 0 Å². The summed E-state index contributed by atoms with van der Waals surface area (Å²) in [6, 6.07) is 23.6. The molecule has 3 rings (SSSR count). The van der Waals surface area contributed by atoms with Crippen LogP contribution in [0.25, 0.3) is 11.1 Å². The van der Waals surface area contributed by atoms with Crippen LogP contribution in [0.2, 0.25) is 0 Å². The first-order chi connectivity index (χ1) is 13.3. The van der Waals surface area contributed by atoms with Gasteiger partial charge in [-0.1, -0.05) is 74.9 Å². The lowest BCUT2D eigenvalue weighted by Crippen LogP contribution is -2.18. The third kappa shape index (κ3) is 5.23. The van der Waals surface area contributed by atoms with Crippen molar-refractivity contribution in [3.63, 3.8) is 0 Å². The summed E-state index contributed by atoms with van der Waals surface area (Å²) in [6.45, 7) is 8.37. The number of carbonyl (C=O) groups is 1. The molecule has 0 unspecified atom stereocenters. The molecule has 0 spiro atoms. The monoisotopic (exact) mass is 374 g/mol. The Balaban J connectivity index is 1.53. The standard InChI is InChI=1S/C25H26O3/c1-18-5-7-19(8-6-18)20-9-13-22(14-10-20)27-17-24(26)28-23-15-11-21(12-16-23)25(2,3)4/h5-16H,17H2,1-4H3. The van der Waals surface area contributed by atoms with Gasteiger partial charge in [-0.2, -0.15) is 0 Å². The Labute approximate surface area is 166 Å². The lowest BCUT2D eigenvalue weighted by atomic mass is 9.87. The van der Waals surface area contributed by atoms with Crippen LogP contribution in [0.3, 0.4) is 0 Å². The van der Waals surface area contributed by atoms with Gasteiger partial charge in [0.15, 0.2) is 6.61 Å². The van der Waals surface area contributed by atoms with Gasteiger partial charge in [-0.05, 0) is 53.3 Å². The van der Waals surface area contributed by atoms with Crippen molar-refractivity contribution in [2.24, 2.45) is 0 Å². The summed E-state index contributed by atoms with van der Waals surface area (Å²) in [5.74, 6) is 0.735. The molecule has 0 saturated heterocycles. The van der Waals surface area contributed by atoms with E-state index in [9.17, 15) is 4.79 Å². The highest BCUT2D eigenvalue weighted by Gasteiger charge is 2.14. The van der Waals surface area contributed by atoms with E-state index in [4.69, 9.17) is 9.47 Å². The van der Waals surface area contributed by atoms with Gasteiger partial charge in [-0.3, -0.25) is 0 Å². The molecule has 0 radical (unpaired) electrons. The van der Waals surface area contributed by atoms with Crippen LogP contribution in [-0.2, 0) is 10.2 Å². The predicted molar refractivity (Wildman–Crippen MR) is 113 cm³/mol. The van der Waals surface area contributed by atoms with Crippen molar-refractivity contribution in [1.82, 2.24) is 0 Å². The Bertz CT molecular complexity index is 916. The highest BCUT2D eigenvalue weighted by Crippen LogP contribution is 2.25. The van der Waals surface area contributed by atoms with Crippen molar-refractivity contribution in [2.45, 2.75) is 33.1 Å². The molecule has 0 aliphatic rings. The molecule has 0 aliphatic heterocycles. The smallest absolute Gasteiger partial charge is 0.349 e. The van der Waals surface area contributed by atoms with Gasteiger partial charge in [0.25, 0.3) is 0 Å². The van der Waals surface area contributed by atoms with Gasteiger partial charge in [-0.25, -0.2) is 4.79 Å². The second kappa shape index (κ2) is 8.30. The van der Waals surface area contributed by atoms with Crippen LogP contribution in [0.15, 0.2) is 72.8 Å². The number of esters is 1. The van der Waals surface area contributed by atoms with Crippen molar-refractivity contribution in [1.29, 1.82) is 0 Å². The van der Waals surface area contributed by atoms with Crippen LogP contribution in [-0.4, -0.2) is 12.6 Å². The van der Waals surface area contributed by atoms with Crippen LogP contribution in [0.1, 0.15) is 31.9 Å². The number of aryl methyl sites for hydroxylation is 1. The van der Waals surface area contributed by atoms with E-state index in [0.717, 1.165) is 11.1 Å². The minimum atomic E-state index is -0.425. The van der Waals surface area contributed by atoms with E-state index in [1.807, 2.05) is 48.5 Å². The summed E-state index contributed by atoms with van der Waals surface area (Å²) in [7, 11) is 0. The summed E-state index contributed by atoms with van der Waals surface area (Å²) >= 11 is 0.